The van der Waals surface area contributed by atoms with Crippen LogP contribution in [0.2, 0.25) is 0 Å². The highest BCUT2D eigenvalue weighted by molar-refractivity contribution is 6.18. The fourth-order valence-electron chi connectivity index (χ4n) is 3.24. The maximum atomic E-state index is 8.91. The number of hydrogen-bond donors (Lipinski definition) is 1. The maximum Gasteiger partial charge on any atom is 0.119 e. The predicted octanol–water partition coefficient (Wildman–Crippen LogP) is 6.04. The predicted molar refractivity (Wildman–Crippen MR) is 118 cm³/mol. The van der Waals surface area contributed by atoms with E-state index >= 15 is 0 Å². The van der Waals surface area contributed by atoms with Crippen LogP contribution in [0.25, 0.3) is 11.1 Å². The summed E-state index contributed by atoms with van der Waals surface area (Å²) in [7, 11) is 0. The minimum absolute atomic E-state index is 0.137. The molecule has 0 saturated heterocycles. The molecule has 3 heteroatoms. The van der Waals surface area contributed by atoms with E-state index < -0.39 is 0 Å². The minimum atomic E-state index is 0.137. The Hall–Kier alpha value is -2.55. The molecular formula is C25H25ClO2. The van der Waals surface area contributed by atoms with Crippen molar-refractivity contribution >= 4 is 22.7 Å². The van der Waals surface area contributed by atoms with Crippen LogP contribution in [-0.2, 0) is 0 Å². The first-order valence-corrected chi connectivity index (χ1v) is 10.1. The molecular weight excluding hydrogens is 368 g/mol. The zero-order valence-electron chi connectivity index (χ0n) is 15.9. The number of aliphatic hydroxyl groups is 1. The number of allylic oxidation sites excluding steroid dienone is 1. The number of ether oxygens (including phenoxy) is 1. The fraction of sp³-hybridized carbons (Fsp3) is 0.200. The molecule has 3 aromatic rings. The molecule has 0 amide bonds. The van der Waals surface area contributed by atoms with Gasteiger partial charge in [-0.2, -0.15) is 0 Å². The summed E-state index contributed by atoms with van der Waals surface area (Å²) >= 11 is 6.19. The Morgan fingerprint density at radius 3 is 1.89 bits per heavy atom. The summed E-state index contributed by atoms with van der Waals surface area (Å²) in [4.78, 5) is 0. The summed E-state index contributed by atoms with van der Waals surface area (Å²) in [6, 6.07) is 29.0. The van der Waals surface area contributed by atoms with Crippen LogP contribution in [0, 0.1) is 0 Å². The lowest BCUT2D eigenvalue weighted by molar-refractivity contribution is 0.233. The van der Waals surface area contributed by atoms with E-state index in [0.29, 0.717) is 18.9 Å². The van der Waals surface area contributed by atoms with Crippen LogP contribution >= 0.6 is 11.6 Å². The van der Waals surface area contributed by atoms with Gasteiger partial charge in [0.15, 0.2) is 0 Å². The third kappa shape index (κ3) is 5.25. The first-order chi connectivity index (χ1) is 13.8. The molecule has 3 aromatic carbocycles. The lowest BCUT2D eigenvalue weighted by Gasteiger charge is -2.17. The summed E-state index contributed by atoms with van der Waals surface area (Å²) in [6.45, 7) is 0.649. The van der Waals surface area contributed by atoms with Gasteiger partial charge in [0.05, 0.1) is 6.61 Å². The number of rotatable bonds is 9. The highest BCUT2D eigenvalue weighted by Gasteiger charge is 2.14. The Bertz CT molecular complexity index is 871. The smallest absolute Gasteiger partial charge is 0.119 e. The fourth-order valence-corrected chi connectivity index (χ4v) is 3.43. The van der Waals surface area contributed by atoms with E-state index in [1.54, 1.807) is 0 Å². The largest absolute Gasteiger partial charge is 0.494 e. The Morgan fingerprint density at radius 2 is 1.32 bits per heavy atom. The quantitative estimate of drug-likeness (QED) is 0.273. The highest BCUT2D eigenvalue weighted by atomic mass is 35.5. The van der Waals surface area contributed by atoms with E-state index in [-0.39, 0.29) is 6.61 Å². The van der Waals surface area contributed by atoms with Crippen molar-refractivity contribution < 1.29 is 9.84 Å². The summed E-state index contributed by atoms with van der Waals surface area (Å²) < 4.78 is 5.68. The number of aliphatic hydroxyl groups excluding tert-OH is 1. The first-order valence-electron chi connectivity index (χ1n) is 9.57. The molecule has 0 aliphatic rings. The van der Waals surface area contributed by atoms with Crippen molar-refractivity contribution in [2.75, 3.05) is 19.1 Å². The SMILES string of the molecule is OCCCOc1ccc(C(=C(CCCl)c2ccccc2)c2ccccc2)cc1. The van der Waals surface area contributed by atoms with Crippen molar-refractivity contribution in [1.29, 1.82) is 0 Å². The average Bonchev–Trinajstić information content (AvgIpc) is 2.76. The van der Waals surface area contributed by atoms with Crippen LogP contribution in [0.1, 0.15) is 29.5 Å². The van der Waals surface area contributed by atoms with Gasteiger partial charge in [0.25, 0.3) is 0 Å². The van der Waals surface area contributed by atoms with E-state index in [0.717, 1.165) is 17.7 Å². The zero-order valence-corrected chi connectivity index (χ0v) is 16.6. The summed E-state index contributed by atoms with van der Waals surface area (Å²) in [5.74, 6) is 1.37. The molecule has 0 spiro atoms. The normalized spacial score (nSPS) is 11.8. The third-order valence-electron chi connectivity index (χ3n) is 4.55. The van der Waals surface area contributed by atoms with E-state index in [9.17, 15) is 0 Å². The van der Waals surface area contributed by atoms with Gasteiger partial charge in [-0.1, -0.05) is 72.8 Å². The van der Waals surface area contributed by atoms with Crippen molar-refractivity contribution in [3.8, 4) is 5.75 Å². The topological polar surface area (TPSA) is 29.5 Å². The van der Waals surface area contributed by atoms with Crippen molar-refractivity contribution in [1.82, 2.24) is 0 Å². The average molecular weight is 393 g/mol. The van der Waals surface area contributed by atoms with Gasteiger partial charge in [-0.3, -0.25) is 0 Å². The van der Waals surface area contributed by atoms with Crippen LogP contribution in [0.15, 0.2) is 84.9 Å². The molecule has 0 bridgehead atoms. The molecule has 0 aromatic heterocycles. The standard InChI is InChI=1S/C25H25ClO2/c26-17-16-24(20-8-3-1-4-9-20)25(21-10-5-2-6-11-21)22-12-14-23(15-13-22)28-19-7-18-27/h1-6,8-15,27H,7,16-19H2. The molecule has 0 heterocycles. The second-order valence-electron chi connectivity index (χ2n) is 6.47. The second kappa shape index (κ2) is 10.7. The molecule has 0 radical (unpaired) electrons. The van der Waals surface area contributed by atoms with Crippen molar-refractivity contribution in [2.24, 2.45) is 0 Å². The molecule has 2 nitrogen and oxygen atoms in total. The van der Waals surface area contributed by atoms with Crippen LogP contribution in [0.5, 0.6) is 5.75 Å². The molecule has 144 valence electrons. The molecule has 0 unspecified atom stereocenters. The van der Waals surface area contributed by atoms with Gasteiger partial charge in [0.1, 0.15) is 5.75 Å². The molecule has 28 heavy (non-hydrogen) atoms. The van der Waals surface area contributed by atoms with Crippen molar-refractivity contribution in [3.05, 3.63) is 102 Å². The van der Waals surface area contributed by atoms with Crippen LogP contribution in [-0.4, -0.2) is 24.2 Å². The van der Waals surface area contributed by atoms with Crippen molar-refractivity contribution in [2.45, 2.75) is 12.8 Å². The van der Waals surface area contributed by atoms with Gasteiger partial charge in [-0.15, -0.1) is 11.6 Å². The van der Waals surface area contributed by atoms with Crippen LogP contribution in [0.3, 0.4) is 0 Å². The lowest BCUT2D eigenvalue weighted by Crippen LogP contribution is -2.00. The molecule has 0 aliphatic heterocycles. The molecule has 1 N–H and O–H groups in total. The van der Waals surface area contributed by atoms with Gasteiger partial charge in [-0.25, -0.2) is 0 Å². The van der Waals surface area contributed by atoms with E-state index in [1.165, 1.54) is 22.3 Å². The molecule has 0 saturated carbocycles. The summed E-state index contributed by atoms with van der Waals surface area (Å²) in [5.41, 5.74) is 5.90. The Kier molecular flexibility index (Phi) is 7.71. The number of benzene rings is 3. The zero-order chi connectivity index (χ0) is 19.6. The Balaban J connectivity index is 2.07. The first kappa shape index (κ1) is 20.2. The highest BCUT2D eigenvalue weighted by Crippen LogP contribution is 2.35. The summed E-state index contributed by atoms with van der Waals surface area (Å²) in [6.07, 6.45) is 1.41. The second-order valence-corrected chi connectivity index (χ2v) is 6.85. The van der Waals surface area contributed by atoms with Gasteiger partial charge in [0.2, 0.25) is 0 Å². The van der Waals surface area contributed by atoms with Crippen LogP contribution in [0.4, 0.5) is 0 Å². The number of alkyl halides is 1. The maximum absolute atomic E-state index is 8.91. The van der Waals surface area contributed by atoms with Gasteiger partial charge < -0.3 is 9.84 Å². The molecule has 0 atom stereocenters. The van der Waals surface area contributed by atoms with Gasteiger partial charge in [0, 0.05) is 18.9 Å². The molecule has 0 fully saturated rings. The number of halogens is 1. The Labute approximate surface area is 172 Å². The molecule has 0 aliphatic carbocycles. The van der Waals surface area contributed by atoms with Gasteiger partial charge >= 0.3 is 0 Å². The lowest BCUT2D eigenvalue weighted by atomic mass is 9.88. The van der Waals surface area contributed by atoms with Gasteiger partial charge in [-0.05, 0) is 46.4 Å². The summed E-state index contributed by atoms with van der Waals surface area (Å²) in [5, 5.41) is 8.91. The number of hydrogen-bond acceptors (Lipinski definition) is 2. The van der Waals surface area contributed by atoms with E-state index in [1.807, 2.05) is 24.3 Å². The Morgan fingerprint density at radius 1 is 0.750 bits per heavy atom. The molecule has 3 rings (SSSR count). The van der Waals surface area contributed by atoms with Crippen LogP contribution < -0.4 is 4.74 Å². The van der Waals surface area contributed by atoms with E-state index in [4.69, 9.17) is 21.4 Å². The van der Waals surface area contributed by atoms with E-state index in [2.05, 4.69) is 60.7 Å². The third-order valence-corrected chi connectivity index (χ3v) is 4.73. The van der Waals surface area contributed by atoms with Crippen molar-refractivity contribution in [3.63, 3.8) is 0 Å². The minimum Gasteiger partial charge on any atom is -0.494 e. The monoisotopic (exact) mass is 392 g/mol.